The normalized spacial score (nSPS) is 18.2. The number of para-hydroxylation sites is 2. The van der Waals surface area contributed by atoms with Crippen LogP contribution < -0.4 is 9.80 Å². The van der Waals surface area contributed by atoms with Crippen molar-refractivity contribution in [1.29, 1.82) is 0 Å². The Hall–Kier alpha value is -1.26. The maximum absolute atomic E-state index is 10.4. The summed E-state index contributed by atoms with van der Waals surface area (Å²) in [4.78, 5) is 6.67. The summed E-state index contributed by atoms with van der Waals surface area (Å²) in [6.07, 6.45) is 2.20. The van der Waals surface area contributed by atoms with Gasteiger partial charge in [0.05, 0.1) is 17.5 Å². The van der Waals surface area contributed by atoms with Crippen molar-refractivity contribution in [3.8, 4) is 0 Å². The second-order valence-corrected chi connectivity index (χ2v) is 6.90. The zero-order valence-electron chi connectivity index (χ0n) is 14.5. The second-order valence-electron chi connectivity index (χ2n) is 6.90. The molecule has 22 heavy (non-hydrogen) atoms. The quantitative estimate of drug-likeness (QED) is 0.873. The van der Waals surface area contributed by atoms with Crippen molar-refractivity contribution in [3.05, 3.63) is 24.3 Å². The van der Waals surface area contributed by atoms with Crippen molar-refractivity contribution in [3.63, 3.8) is 0 Å². The van der Waals surface area contributed by atoms with Crippen molar-refractivity contribution in [2.75, 3.05) is 57.1 Å². The Balaban J connectivity index is 1.90. The van der Waals surface area contributed by atoms with E-state index in [2.05, 4.69) is 67.0 Å². The van der Waals surface area contributed by atoms with E-state index in [1.807, 2.05) is 0 Å². The van der Waals surface area contributed by atoms with Crippen LogP contribution in [-0.2, 0) is 0 Å². The molecule has 1 saturated heterocycles. The molecule has 1 unspecified atom stereocenters. The predicted octanol–water partition coefficient (Wildman–Crippen LogP) is 2.28. The standard InChI is InChI=1S/C18H31N3O/c1-15-9-11-21(12-10-15)14-16(22)13-20(4)18-8-6-5-7-17(18)19(2)3/h5-8,15-16,22H,9-14H2,1-4H3. The third-order valence-corrected chi connectivity index (χ3v) is 4.60. The summed E-state index contributed by atoms with van der Waals surface area (Å²) in [7, 11) is 6.17. The van der Waals surface area contributed by atoms with Crippen LogP contribution >= 0.6 is 0 Å². The first-order chi connectivity index (χ1) is 10.5. The molecule has 1 fully saturated rings. The lowest BCUT2D eigenvalue weighted by Gasteiger charge is -2.33. The lowest BCUT2D eigenvalue weighted by molar-refractivity contribution is 0.0958. The Labute approximate surface area is 135 Å². The molecule has 0 bridgehead atoms. The SMILES string of the molecule is CC1CCN(CC(O)CN(C)c2ccccc2N(C)C)CC1. The van der Waals surface area contributed by atoms with Gasteiger partial charge in [0.1, 0.15) is 0 Å². The molecule has 124 valence electrons. The van der Waals surface area contributed by atoms with E-state index in [1.165, 1.54) is 24.2 Å². The highest BCUT2D eigenvalue weighted by atomic mass is 16.3. The number of benzene rings is 1. The van der Waals surface area contributed by atoms with Gasteiger partial charge in [0, 0.05) is 34.2 Å². The van der Waals surface area contributed by atoms with Crippen molar-refractivity contribution in [2.45, 2.75) is 25.9 Å². The molecule has 0 amide bonds. The van der Waals surface area contributed by atoms with Crippen LogP contribution in [0, 0.1) is 5.92 Å². The monoisotopic (exact) mass is 305 g/mol. The van der Waals surface area contributed by atoms with Gasteiger partial charge in [-0.25, -0.2) is 0 Å². The van der Waals surface area contributed by atoms with E-state index in [0.29, 0.717) is 6.54 Å². The molecule has 1 aliphatic heterocycles. The highest BCUT2D eigenvalue weighted by Crippen LogP contribution is 2.27. The summed E-state index contributed by atoms with van der Waals surface area (Å²) < 4.78 is 0. The number of β-amino-alcohol motifs (C(OH)–C–C–N with tert-alkyl or cyclic N) is 1. The third-order valence-electron chi connectivity index (χ3n) is 4.60. The summed E-state index contributed by atoms with van der Waals surface area (Å²) in [6.45, 7) is 6.00. The fourth-order valence-electron chi connectivity index (χ4n) is 3.18. The molecule has 0 saturated carbocycles. The molecule has 0 radical (unpaired) electrons. The first kappa shape index (κ1) is 17.1. The number of hydrogen-bond donors (Lipinski definition) is 1. The van der Waals surface area contributed by atoms with E-state index >= 15 is 0 Å². The average Bonchev–Trinajstić information content (AvgIpc) is 2.49. The fourth-order valence-corrected chi connectivity index (χ4v) is 3.18. The van der Waals surface area contributed by atoms with Gasteiger partial charge in [-0.3, -0.25) is 0 Å². The van der Waals surface area contributed by atoms with Gasteiger partial charge in [-0.2, -0.15) is 0 Å². The highest BCUT2D eigenvalue weighted by molar-refractivity contribution is 5.70. The Kier molecular flexibility index (Phi) is 6.09. The van der Waals surface area contributed by atoms with Crippen LogP contribution in [0.4, 0.5) is 11.4 Å². The molecule has 1 atom stereocenters. The van der Waals surface area contributed by atoms with Crippen LogP contribution in [0.25, 0.3) is 0 Å². The van der Waals surface area contributed by atoms with Gasteiger partial charge in [-0.1, -0.05) is 19.1 Å². The number of likely N-dealkylation sites (tertiary alicyclic amines) is 1. The fraction of sp³-hybridized carbons (Fsp3) is 0.667. The number of likely N-dealkylation sites (N-methyl/N-ethyl adjacent to an activating group) is 1. The molecule has 4 heteroatoms. The van der Waals surface area contributed by atoms with Crippen LogP contribution in [0.15, 0.2) is 24.3 Å². The van der Waals surface area contributed by atoms with Gasteiger partial charge in [0.25, 0.3) is 0 Å². The van der Waals surface area contributed by atoms with E-state index in [0.717, 1.165) is 25.6 Å². The summed E-state index contributed by atoms with van der Waals surface area (Å²) in [5, 5.41) is 10.4. The number of aliphatic hydroxyl groups is 1. The van der Waals surface area contributed by atoms with Crippen molar-refractivity contribution in [2.24, 2.45) is 5.92 Å². The molecule has 0 aliphatic carbocycles. The van der Waals surface area contributed by atoms with Crippen LogP contribution in [-0.4, -0.2) is 63.4 Å². The molecule has 4 nitrogen and oxygen atoms in total. The first-order valence-electron chi connectivity index (χ1n) is 8.35. The molecule has 2 rings (SSSR count). The molecule has 0 spiro atoms. The third kappa shape index (κ3) is 4.62. The first-order valence-corrected chi connectivity index (χ1v) is 8.35. The minimum absolute atomic E-state index is 0.311. The summed E-state index contributed by atoms with van der Waals surface area (Å²) in [6, 6.07) is 8.34. The minimum Gasteiger partial charge on any atom is -0.390 e. The highest BCUT2D eigenvalue weighted by Gasteiger charge is 2.19. The number of piperidine rings is 1. The minimum atomic E-state index is -0.311. The van der Waals surface area contributed by atoms with Crippen LogP contribution in [0.5, 0.6) is 0 Å². The molecule has 1 aliphatic rings. The van der Waals surface area contributed by atoms with Gasteiger partial charge >= 0.3 is 0 Å². The lowest BCUT2D eigenvalue weighted by atomic mass is 9.99. The zero-order chi connectivity index (χ0) is 16.1. The molecular weight excluding hydrogens is 274 g/mol. The largest absolute Gasteiger partial charge is 0.390 e. The van der Waals surface area contributed by atoms with E-state index in [-0.39, 0.29) is 6.10 Å². The molecule has 1 N–H and O–H groups in total. The van der Waals surface area contributed by atoms with E-state index < -0.39 is 0 Å². The van der Waals surface area contributed by atoms with Crippen molar-refractivity contribution < 1.29 is 5.11 Å². The molecule has 1 heterocycles. The van der Waals surface area contributed by atoms with Gasteiger partial charge in [0.2, 0.25) is 0 Å². The van der Waals surface area contributed by atoms with Crippen LogP contribution in [0.1, 0.15) is 19.8 Å². The number of hydrogen-bond acceptors (Lipinski definition) is 4. The molecular formula is C18H31N3O. The van der Waals surface area contributed by atoms with E-state index in [9.17, 15) is 5.11 Å². The average molecular weight is 305 g/mol. The number of rotatable bonds is 6. The van der Waals surface area contributed by atoms with Gasteiger partial charge in [0.15, 0.2) is 0 Å². The zero-order valence-corrected chi connectivity index (χ0v) is 14.5. The predicted molar refractivity (Wildman–Crippen MR) is 94.9 cm³/mol. The lowest BCUT2D eigenvalue weighted by Crippen LogP contribution is -2.42. The van der Waals surface area contributed by atoms with Gasteiger partial charge < -0.3 is 19.8 Å². The summed E-state index contributed by atoms with van der Waals surface area (Å²) in [5.74, 6) is 0.836. The van der Waals surface area contributed by atoms with E-state index in [1.54, 1.807) is 0 Å². The smallest absolute Gasteiger partial charge is 0.0841 e. The van der Waals surface area contributed by atoms with E-state index in [4.69, 9.17) is 0 Å². The Bertz CT molecular complexity index is 455. The van der Waals surface area contributed by atoms with Gasteiger partial charge in [-0.05, 0) is 44.0 Å². The molecule has 0 aromatic heterocycles. The Morgan fingerprint density at radius 2 is 1.73 bits per heavy atom. The van der Waals surface area contributed by atoms with Gasteiger partial charge in [-0.15, -0.1) is 0 Å². The summed E-state index contributed by atoms with van der Waals surface area (Å²) >= 11 is 0. The van der Waals surface area contributed by atoms with Crippen molar-refractivity contribution in [1.82, 2.24) is 4.90 Å². The number of aliphatic hydroxyl groups excluding tert-OH is 1. The van der Waals surface area contributed by atoms with Crippen molar-refractivity contribution >= 4 is 11.4 Å². The summed E-state index contributed by atoms with van der Waals surface area (Å²) in [5.41, 5.74) is 2.35. The second kappa shape index (κ2) is 7.84. The topological polar surface area (TPSA) is 30.0 Å². The number of anilines is 2. The Morgan fingerprint density at radius 3 is 2.32 bits per heavy atom. The van der Waals surface area contributed by atoms with Crippen LogP contribution in [0.2, 0.25) is 0 Å². The molecule has 1 aromatic rings. The van der Waals surface area contributed by atoms with Crippen LogP contribution in [0.3, 0.4) is 0 Å². The number of nitrogens with zero attached hydrogens (tertiary/aromatic N) is 3. The maximum atomic E-state index is 10.4. The maximum Gasteiger partial charge on any atom is 0.0841 e. The molecule has 1 aromatic carbocycles. The Morgan fingerprint density at radius 1 is 1.14 bits per heavy atom.